The number of carbonyl (C=O) groups excluding carboxylic acids is 1. The van der Waals surface area contributed by atoms with E-state index in [9.17, 15) is 4.79 Å². The maximum Gasteiger partial charge on any atom is 0.273 e. The molecule has 1 amide bonds. The molecule has 1 aromatic heterocycles. The van der Waals surface area contributed by atoms with E-state index >= 15 is 0 Å². The predicted molar refractivity (Wildman–Crippen MR) is 113 cm³/mol. The van der Waals surface area contributed by atoms with Crippen LogP contribution in [0.4, 0.5) is 0 Å². The van der Waals surface area contributed by atoms with Gasteiger partial charge in [-0.05, 0) is 60.2 Å². The van der Waals surface area contributed by atoms with E-state index in [1.165, 1.54) is 32.1 Å². The van der Waals surface area contributed by atoms with Gasteiger partial charge in [0.25, 0.3) is 5.91 Å². The SMILES string of the molecule is COc1ccc2cc([C@H](C)NC(=O)c3cn(CC4CCCCC4)nn3)ccc2c1. The lowest BCUT2D eigenvalue weighted by Gasteiger charge is -2.20. The van der Waals surface area contributed by atoms with Gasteiger partial charge >= 0.3 is 0 Å². The molecule has 4 rings (SSSR count). The summed E-state index contributed by atoms with van der Waals surface area (Å²) in [4.78, 5) is 12.6. The van der Waals surface area contributed by atoms with Gasteiger partial charge in [-0.2, -0.15) is 0 Å². The number of rotatable bonds is 6. The van der Waals surface area contributed by atoms with Crippen molar-refractivity contribution in [1.29, 1.82) is 0 Å². The third-order valence-electron chi connectivity index (χ3n) is 5.86. The number of hydrogen-bond donors (Lipinski definition) is 1. The fourth-order valence-corrected chi connectivity index (χ4v) is 4.12. The van der Waals surface area contributed by atoms with E-state index in [-0.39, 0.29) is 11.9 Å². The molecule has 0 bridgehead atoms. The van der Waals surface area contributed by atoms with Crippen molar-refractivity contribution in [2.24, 2.45) is 5.92 Å². The van der Waals surface area contributed by atoms with Crippen LogP contribution in [-0.2, 0) is 6.54 Å². The molecule has 0 radical (unpaired) electrons. The Bertz CT molecular complexity index is 991. The molecule has 29 heavy (non-hydrogen) atoms. The average molecular weight is 393 g/mol. The van der Waals surface area contributed by atoms with Crippen molar-refractivity contribution in [1.82, 2.24) is 20.3 Å². The lowest BCUT2D eigenvalue weighted by atomic mass is 9.89. The Labute approximate surface area is 171 Å². The van der Waals surface area contributed by atoms with E-state index in [1.54, 1.807) is 13.3 Å². The number of nitrogens with one attached hydrogen (secondary N) is 1. The number of fused-ring (bicyclic) bond motifs is 1. The van der Waals surface area contributed by atoms with Gasteiger partial charge in [-0.25, -0.2) is 0 Å². The smallest absolute Gasteiger partial charge is 0.273 e. The molecule has 3 aromatic rings. The standard InChI is InChI=1S/C23H28N4O2/c1-16(18-8-9-20-13-21(29-2)11-10-19(20)12-18)24-23(28)22-15-27(26-25-22)14-17-6-4-3-5-7-17/h8-13,15-17H,3-7,14H2,1-2H3,(H,24,28)/t16-/m0/s1. The molecule has 6 nitrogen and oxygen atoms in total. The number of ether oxygens (including phenoxy) is 1. The molecule has 1 saturated carbocycles. The zero-order valence-corrected chi connectivity index (χ0v) is 17.1. The van der Waals surface area contributed by atoms with Crippen LogP contribution in [0.3, 0.4) is 0 Å². The normalized spacial score (nSPS) is 15.9. The minimum Gasteiger partial charge on any atom is -0.497 e. The predicted octanol–water partition coefficient (Wildman–Crippen LogP) is 4.51. The van der Waals surface area contributed by atoms with Gasteiger partial charge in [0.1, 0.15) is 5.75 Å². The van der Waals surface area contributed by atoms with Crippen LogP contribution >= 0.6 is 0 Å². The Morgan fingerprint density at radius 3 is 2.72 bits per heavy atom. The van der Waals surface area contributed by atoms with Crippen LogP contribution in [0.15, 0.2) is 42.6 Å². The molecule has 2 aromatic carbocycles. The van der Waals surface area contributed by atoms with Crippen molar-refractivity contribution < 1.29 is 9.53 Å². The molecular formula is C23H28N4O2. The monoisotopic (exact) mass is 392 g/mol. The first-order valence-electron chi connectivity index (χ1n) is 10.4. The first-order chi connectivity index (χ1) is 14.1. The number of aromatic nitrogens is 3. The molecule has 0 aliphatic heterocycles. The molecule has 0 unspecified atom stereocenters. The summed E-state index contributed by atoms with van der Waals surface area (Å²) in [6.07, 6.45) is 8.18. The highest BCUT2D eigenvalue weighted by molar-refractivity contribution is 5.92. The maximum absolute atomic E-state index is 12.6. The first kappa shape index (κ1) is 19.4. The number of nitrogens with zero attached hydrogens (tertiary/aromatic N) is 3. The van der Waals surface area contributed by atoms with Crippen LogP contribution in [0, 0.1) is 5.92 Å². The lowest BCUT2D eigenvalue weighted by Crippen LogP contribution is -2.27. The van der Waals surface area contributed by atoms with E-state index < -0.39 is 0 Å². The minimum absolute atomic E-state index is 0.127. The molecule has 1 aliphatic rings. The number of amides is 1. The number of benzene rings is 2. The summed E-state index contributed by atoms with van der Waals surface area (Å²) in [5.41, 5.74) is 1.42. The second kappa shape index (κ2) is 8.64. The van der Waals surface area contributed by atoms with Crippen LogP contribution in [0.1, 0.15) is 61.1 Å². The zero-order chi connectivity index (χ0) is 20.2. The van der Waals surface area contributed by atoms with Crippen LogP contribution in [0.25, 0.3) is 10.8 Å². The molecule has 0 saturated heterocycles. The Kier molecular flexibility index (Phi) is 5.79. The van der Waals surface area contributed by atoms with Crippen LogP contribution < -0.4 is 10.1 Å². The second-order valence-corrected chi connectivity index (χ2v) is 8.00. The molecule has 1 aliphatic carbocycles. The van der Waals surface area contributed by atoms with Crippen LogP contribution in [0.5, 0.6) is 5.75 Å². The number of hydrogen-bond acceptors (Lipinski definition) is 4. The molecule has 1 heterocycles. The van der Waals surface area contributed by atoms with Crippen molar-refractivity contribution in [3.8, 4) is 5.75 Å². The highest BCUT2D eigenvalue weighted by Crippen LogP contribution is 2.25. The second-order valence-electron chi connectivity index (χ2n) is 8.00. The summed E-state index contributed by atoms with van der Waals surface area (Å²) in [6.45, 7) is 2.83. The van der Waals surface area contributed by atoms with Crippen molar-refractivity contribution in [2.45, 2.75) is 51.6 Å². The lowest BCUT2D eigenvalue weighted by molar-refractivity contribution is 0.0934. The topological polar surface area (TPSA) is 69.0 Å². The van der Waals surface area contributed by atoms with E-state index in [0.29, 0.717) is 11.6 Å². The van der Waals surface area contributed by atoms with Gasteiger partial charge in [0.15, 0.2) is 5.69 Å². The average Bonchev–Trinajstić information content (AvgIpc) is 3.22. The van der Waals surface area contributed by atoms with Crippen molar-refractivity contribution in [3.63, 3.8) is 0 Å². The van der Waals surface area contributed by atoms with E-state index in [4.69, 9.17) is 4.74 Å². The van der Waals surface area contributed by atoms with Gasteiger partial charge in [-0.3, -0.25) is 9.48 Å². The summed E-state index contributed by atoms with van der Waals surface area (Å²) in [6, 6.07) is 12.0. The first-order valence-corrected chi connectivity index (χ1v) is 10.4. The van der Waals surface area contributed by atoms with Gasteiger partial charge in [-0.1, -0.05) is 42.7 Å². The molecule has 1 fully saturated rings. The van der Waals surface area contributed by atoms with Crippen molar-refractivity contribution in [2.75, 3.05) is 7.11 Å². The quantitative estimate of drug-likeness (QED) is 0.670. The van der Waals surface area contributed by atoms with Gasteiger partial charge in [0, 0.05) is 6.54 Å². The third-order valence-corrected chi connectivity index (χ3v) is 5.86. The highest BCUT2D eigenvalue weighted by Gasteiger charge is 2.18. The highest BCUT2D eigenvalue weighted by atomic mass is 16.5. The largest absolute Gasteiger partial charge is 0.497 e. The molecule has 1 N–H and O–H groups in total. The van der Waals surface area contributed by atoms with E-state index in [0.717, 1.165) is 28.6 Å². The molecule has 0 spiro atoms. The number of methoxy groups -OCH3 is 1. The van der Waals surface area contributed by atoms with Crippen LogP contribution in [-0.4, -0.2) is 28.0 Å². The Morgan fingerprint density at radius 1 is 1.17 bits per heavy atom. The minimum atomic E-state index is -0.192. The molecule has 152 valence electrons. The molecular weight excluding hydrogens is 364 g/mol. The molecule has 1 atom stereocenters. The van der Waals surface area contributed by atoms with Crippen LogP contribution in [0.2, 0.25) is 0 Å². The summed E-state index contributed by atoms with van der Waals surface area (Å²) < 4.78 is 7.10. The van der Waals surface area contributed by atoms with E-state index in [1.807, 2.05) is 35.9 Å². The summed E-state index contributed by atoms with van der Waals surface area (Å²) in [5.74, 6) is 1.29. The van der Waals surface area contributed by atoms with Crippen molar-refractivity contribution >= 4 is 16.7 Å². The summed E-state index contributed by atoms with van der Waals surface area (Å²) in [5, 5.41) is 13.5. The third kappa shape index (κ3) is 4.58. The Morgan fingerprint density at radius 2 is 1.93 bits per heavy atom. The number of carbonyl (C=O) groups is 1. The Hall–Kier alpha value is -2.89. The van der Waals surface area contributed by atoms with Crippen molar-refractivity contribution in [3.05, 3.63) is 53.9 Å². The van der Waals surface area contributed by atoms with Gasteiger partial charge < -0.3 is 10.1 Å². The summed E-state index contributed by atoms with van der Waals surface area (Å²) in [7, 11) is 1.67. The maximum atomic E-state index is 12.6. The summed E-state index contributed by atoms with van der Waals surface area (Å²) >= 11 is 0. The van der Waals surface area contributed by atoms with Gasteiger partial charge in [0.05, 0.1) is 19.3 Å². The fourth-order valence-electron chi connectivity index (χ4n) is 4.12. The van der Waals surface area contributed by atoms with Gasteiger partial charge in [-0.15, -0.1) is 5.10 Å². The van der Waals surface area contributed by atoms with Gasteiger partial charge in [0.2, 0.25) is 0 Å². The Balaban J connectivity index is 1.40. The zero-order valence-electron chi connectivity index (χ0n) is 17.1. The van der Waals surface area contributed by atoms with E-state index in [2.05, 4.69) is 27.8 Å². The fraction of sp³-hybridized carbons (Fsp3) is 0.435. The molecule has 6 heteroatoms.